The van der Waals surface area contributed by atoms with Crippen LogP contribution in [0, 0.1) is 0 Å². The summed E-state index contributed by atoms with van der Waals surface area (Å²) in [5.41, 5.74) is 0. The average molecular weight is 220 g/mol. The molecule has 0 aliphatic carbocycles. The van der Waals surface area contributed by atoms with Gasteiger partial charge in [0.2, 0.25) is 0 Å². The van der Waals surface area contributed by atoms with Crippen LogP contribution in [0.1, 0.15) is 0 Å². The fourth-order valence-electron chi connectivity index (χ4n) is 0.636. The number of hydrogen-bond acceptors (Lipinski definition) is 3. The lowest BCUT2D eigenvalue weighted by atomic mass is 10.4. The number of hydrogen-bond donors (Lipinski definition) is 0. The van der Waals surface area contributed by atoms with Gasteiger partial charge in [-0.15, -0.1) is 0 Å². The Balaban J connectivity index is 3.38. The summed E-state index contributed by atoms with van der Waals surface area (Å²) in [5.74, 6) is 0. The summed E-state index contributed by atoms with van der Waals surface area (Å²) >= 11 is 9.48. The van der Waals surface area contributed by atoms with E-state index in [-0.39, 0.29) is 0 Å². The van der Waals surface area contributed by atoms with Gasteiger partial charge in [-0.1, -0.05) is 18.2 Å². The van der Waals surface area contributed by atoms with Gasteiger partial charge in [-0.2, -0.15) is 0 Å². The maximum atomic E-state index is 11.3. The van der Waals surface area contributed by atoms with E-state index in [0.29, 0.717) is 0 Å². The maximum absolute atomic E-state index is 11.3. The van der Waals surface area contributed by atoms with Crippen molar-refractivity contribution in [1.29, 1.82) is 0 Å². The van der Waals surface area contributed by atoms with Gasteiger partial charge in [0, 0.05) is 5.30 Å². The normalized spacial score (nSPS) is 10.7. The molecule has 0 fully saturated rings. The van der Waals surface area contributed by atoms with Gasteiger partial charge in [0.15, 0.2) is 6.58 Å². The first kappa shape index (κ1) is 9.07. The molecule has 58 valence electrons. The molecular weight excluding hydrogens is 215 g/mol. The molecule has 0 heterocycles. The molecule has 0 spiro atoms. The van der Waals surface area contributed by atoms with Crippen molar-refractivity contribution >= 4 is 41.4 Å². The highest BCUT2D eigenvalue weighted by molar-refractivity contribution is 8.57. The third kappa shape index (κ3) is 2.49. The first-order chi connectivity index (χ1) is 5.22. The number of rotatable bonds is 1. The van der Waals surface area contributed by atoms with Crippen molar-refractivity contribution in [2.24, 2.45) is 0 Å². The average Bonchev–Trinajstić information content (AvgIpc) is 2.05. The van der Waals surface area contributed by atoms with Crippen molar-refractivity contribution in [3.05, 3.63) is 30.3 Å². The SMILES string of the molecule is O=P(c1ccccc1)=S(=S)=S. The summed E-state index contributed by atoms with van der Waals surface area (Å²) in [4.78, 5) is 0. The molecule has 0 aliphatic heterocycles. The third-order valence-electron chi connectivity index (χ3n) is 1.10. The Morgan fingerprint density at radius 3 is 2.18 bits per heavy atom. The van der Waals surface area contributed by atoms with Gasteiger partial charge >= 0.3 is 0 Å². The Bertz CT molecular complexity index is 406. The Labute approximate surface area is 76.3 Å². The van der Waals surface area contributed by atoms with Crippen LogP contribution in [0.5, 0.6) is 0 Å². The summed E-state index contributed by atoms with van der Waals surface area (Å²) < 4.78 is 11.3. The van der Waals surface area contributed by atoms with Gasteiger partial charge in [-0.25, -0.2) is 0 Å². The van der Waals surface area contributed by atoms with Crippen molar-refractivity contribution in [3.63, 3.8) is 0 Å². The monoisotopic (exact) mass is 220 g/mol. The van der Waals surface area contributed by atoms with Crippen LogP contribution >= 0.6 is 6.58 Å². The minimum Gasteiger partial charge on any atom is -0.265 e. The van der Waals surface area contributed by atoms with Gasteiger partial charge < -0.3 is 0 Å². The molecule has 0 aliphatic rings. The Morgan fingerprint density at radius 1 is 1.18 bits per heavy atom. The van der Waals surface area contributed by atoms with Crippen molar-refractivity contribution in [2.75, 3.05) is 0 Å². The lowest BCUT2D eigenvalue weighted by Crippen LogP contribution is -1.88. The van der Waals surface area contributed by atoms with E-state index in [4.69, 9.17) is 22.4 Å². The van der Waals surface area contributed by atoms with E-state index in [9.17, 15) is 4.57 Å². The molecule has 1 aromatic rings. The topological polar surface area (TPSA) is 17.1 Å². The number of benzene rings is 1. The first-order valence-corrected chi connectivity index (χ1v) is 7.77. The van der Waals surface area contributed by atoms with E-state index in [1.807, 2.05) is 18.2 Å². The predicted molar refractivity (Wildman–Crippen MR) is 55.8 cm³/mol. The van der Waals surface area contributed by atoms with Crippen molar-refractivity contribution in [1.82, 2.24) is 0 Å². The lowest BCUT2D eigenvalue weighted by Gasteiger charge is -1.85. The summed E-state index contributed by atoms with van der Waals surface area (Å²) in [6, 6.07) is 9.12. The Hall–Kier alpha value is -0.0200. The molecule has 1 rings (SSSR count). The minimum atomic E-state index is -1.53. The quantitative estimate of drug-likeness (QED) is 0.669. The highest BCUT2D eigenvalue weighted by atomic mass is 33.2. The molecule has 0 aromatic heterocycles. The predicted octanol–water partition coefficient (Wildman–Crippen LogP) is 1.60. The summed E-state index contributed by atoms with van der Waals surface area (Å²) in [7, 11) is -0.835. The van der Waals surface area contributed by atoms with Crippen LogP contribution in [0.3, 0.4) is 0 Å². The Morgan fingerprint density at radius 2 is 1.73 bits per heavy atom. The fraction of sp³-hybridized carbons (Fsp3) is 0. The smallest absolute Gasteiger partial charge is 0.198 e. The van der Waals surface area contributed by atoms with E-state index in [1.54, 1.807) is 12.1 Å². The maximum Gasteiger partial charge on any atom is 0.198 e. The first-order valence-electron chi connectivity index (χ1n) is 2.83. The zero-order valence-corrected chi connectivity index (χ0v) is 8.81. The second kappa shape index (κ2) is 4.12. The molecule has 5 heteroatoms. The second-order valence-corrected chi connectivity index (χ2v) is 9.48. The van der Waals surface area contributed by atoms with Crippen molar-refractivity contribution in [2.45, 2.75) is 0 Å². The van der Waals surface area contributed by atoms with Gasteiger partial charge in [-0.3, -0.25) is 4.57 Å². The largest absolute Gasteiger partial charge is 0.265 e. The van der Waals surface area contributed by atoms with Crippen LogP contribution in [-0.2, 0) is 34.1 Å². The van der Waals surface area contributed by atoms with Crippen LogP contribution in [0.4, 0.5) is 0 Å². The molecule has 1 aromatic carbocycles. The summed E-state index contributed by atoms with van der Waals surface area (Å²) in [6.07, 6.45) is 0. The highest BCUT2D eigenvalue weighted by Gasteiger charge is 1.90. The molecule has 1 atom stereocenters. The van der Waals surface area contributed by atoms with Crippen molar-refractivity contribution in [3.8, 4) is 0 Å². The second-order valence-electron chi connectivity index (χ2n) is 1.81. The molecule has 0 bridgehead atoms. The lowest BCUT2D eigenvalue weighted by molar-refractivity contribution is 0.602. The van der Waals surface area contributed by atoms with Crippen LogP contribution in [0.25, 0.3) is 0 Å². The summed E-state index contributed by atoms with van der Waals surface area (Å²) in [6.45, 7) is -1.53. The van der Waals surface area contributed by atoms with E-state index in [0.717, 1.165) is 5.30 Å². The van der Waals surface area contributed by atoms with Crippen LogP contribution in [0.2, 0.25) is 0 Å². The van der Waals surface area contributed by atoms with Crippen LogP contribution < -0.4 is 5.30 Å². The van der Waals surface area contributed by atoms with E-state index < -0.39 is 13.8 Å². The molecule has 0 radical (unpaired) electrons. The zero-order valence-electron chi connectivity index (χ0n) is 5.47. The van der Waals surface area contributed by atoms with Gasteiger partial charge in [0.05, 0.1) is 0 Å². The molecule has 11 heavy (non-hydrogen) atoms. The van der Waals surface area contributed by atoms with Gasteiger partial charge in [0.1, 0.15) is 0 Å². The fourth-order valence-corrected chi connectivity index (χ4v) is 3.65. The van der Waals surface area contributed by atoms with Crippen LogP contribution in [0.15, 0.2) is 30.3 Å². The molecule has 0 N–H and O–H groups in total. The van der Waals surface area contributed by atoms with E-state index in [2.05, 4.69) is 0 Å². The van der Waals surface area contributed by atoms with Gasteiger partial charge in [-0.05, 0) is 41.7 Å². The molecular formula is C6H5OPS3. The van der Waals surface area contributed by atoms with Crippen molar-refractivity contribution < 1.29 is 4.57 Å². The van der Waals surface area contributed by atoms with E-state index in [1.165, 1.54) is 0 Å². The standard InChI is InChI=1S/C6H5OPS3/c7-8(11(9)10)6-4-2-1-3-5-6/h1-5H. The zero-order chi connectivity index (χ0) is 8.27. The van der Waals surface area contributed by atoms with Gasteiger partial charge in [0.25, 0.3) is 0 Å². The molecule has 1 unspecified atom stereocenters. The molecule has 0 amide bonds. The Kier molecular flexibility index (Phi) is 3.40. The van der Waals surface area contributed by atoms with E-state index >= 15 is 0 Å². The minimum absolute atomic E-state index is 0.760. The molecule has 1 nitrogen and oxygen atoms in total. The van der Waals surface area contributed by atoms with Crippen LogP contribution in [-0.4, -0.2) is 0 Å². The third-order valence-corrected chi connectivity index (χ3v) is 5.97. The summed E-state index contributed by atoms with van der Waals surface area (Å²) in [5, 5.41) is 0.760. The molecule has 0 saturated heterocycles. The molecule has 0 saturated carbocycles. The highest BCUT2D eigenvalue weighted by Crippen LogP contribution is 2.05.